The SMILES string of the molecule is CC(C)(C)c1cc(-c2nccc3oc4c(c23)CCc2ncccc2-4)cc2ccccc12. The highest BCUT2D eigenvalue weighted by atomic mass is 16.3. The predicted molar refractivity (Wildman–Crippen MR) is 126 cm³/mol. The number of aryl methyl sites for hydroxylation is 2. The van der Waals surface area contributed by atoms with Crippen LogP contribution in [0.2, 0.25) is 0 Å². The lowest BCUT2D eigenvalue weighted by atomic mass is 9.82. The molecule has 0 fully saturated rings. The number of aromatic nitrogens is 2. The summed E-state index contributed by atoms with van der Waals surface area (Å²) < 4.78 is 6.38. The summed E-state index contributed by atoms with van der Waals surface area (Å²) >= 11 is 0. The lowest BCUT2D eigenvalue weighted by molar-refractivity contribution is 0.596. The Bertz CT molecular complexity index is 1470. The van der Waals surface area contributed by atoms with Crippen molar-refractivity contribution in [2.45, 2.75) is 39.0 Å². The zero-order chi connectivity index (χ0) is 21.2. The van der Waals surface area contributed by atoms with Gasteiger partial charge in [-0.25, -0.2) is 0 Å². The third-order valence-corrected chi connectivity index (χ3v) is 6.39. The summed E-state index contributed by atoms with van der Waals surface area (Å²) in [5, 5.41) is 3.69. The van der Waals surface area contributed by atoms with Crippen molar-refractivity contribution in [2.24, 2.45) is 0 Å². The molecule has 0 amide bonds. The number of hydrogen-bond acceptors (Lipinski definition) is 3. The van der Waals surface area contributed by atoms with Crippen molar-refractivity contribution < 1.29 is 4.42 Å². The number of fused-ring (bicyclic) bond motifs is 6. The first-order valence-corrected chi connectivity index (χ1v) is 10.9. The fraction of sp³-hybridized carbons (Fsp3) is 0.214. The largest absolute Gasteiger partial charge is 0.456 e. The first-order valence-electron chi connectivity index (χ1n) is 10.9. The standard InChI is InChI=1S/C28H24N2O/c1-28(2,3)22-16-18(15-17-7-4-5-8-19(17)22)26-25-21-10-11-23-20(9-6-13-29-23)27(21)31-24(25)12-14-30-26/h4-9,12-16H,10-11H2,1-3H3. The van der Waals surface area contributed by atoms with Gasteiger partial charge in [0.2, 0.25) is 0 Å². The van der Waals surface area contributed by atoms with E-state index >= 15 is 0 Å². The van der Waals surface area contributed by atoms with Crippen LogP contribution in [0.15, 0.2) is 71.4 Å². The van der Waals surface area contributed by atoms with Crippen molar-refractivity contribution in [1.82, 2.24) is 9.97 Å². The quantitative estimate of drug-likeness (QED) is 0.299. The van der Waals surface area contributed by atoms with E-state index in [0.29, 0.717) is 0 Å². The second-order valence-corrected chi connectivity index (χ2v) is 9.44. The second kappa shape index (κ2) is 6.52. The van der Waals surface area contributed by atoms with E-state index in [0.717, 1.165) is 52.1 Å². The summed E-state index contributed by atoms with van der Waals surface area (Å²) in [5.41, 5.74) is 7.90. The molecule has 0 unspecified atom stereocenters. The van der Waals surface area contributed by atoms with E-state index in [1.54, 1.807) is 0 Å². The Kier molecular flexibility index (Phi) is 3.85. The number of benzene rings is 2. The van der Waals surface area contributed by atoms with Gasteiger partial charge in [-0.3, -0.25) is 9.97 Å². The van der Waals surface area contributed by atoms with Gasteiger partial charge in [0, 0.05) is 29.1 Å². The molecule has 2 aromatic carbocycles. The van der Waals surface area contributed by atoms with E-state index in [4.69, 9.17) is 9.40 Å². The predicted octanol–water partition coefficient (Wildman–Crippen LogP) is 7.11. The molecule has 5 aromatic rings. The number of hydrogen-bond donors (Lipinski definition) is 0. The van der Waals surface area contributed by atoms with Gasteiger partial charge in [-0.2, -0.15) is 0 Å². The van der Waals surface area contributed by atoms with Crippen LogP contribution in [-0.2, 0) is 18.3 Å². The lowest BCUT2D eigenvalue weighted by Gasteiger charge is -2.23. The zero-order valence-corrected chi connectivity index (χ0v) is 18.1. The Labute approximate surface area is 181 Å². The Hall–Kier alpha value is -3.46. The minimum Gasteiger partial charge on any atom is -0.456 e. The molecule has 0 N–H and O–H groups in total. The van der Waals surface area contributed by atoms with E-state index in [1.165, 1.54) is 21.9 Å². The maximum absolute atomic E-state index is 6.38. The summed E-state index contributed by atoms with van der Waals surface area (Å²) in [6.07, 6.45) is 5.58. The molecular weight excluding hydrogens is 380 g/mol. The first kappa shape index (κ1) is 18.3. The molecule has 3 heterocycles. The Morgan fingerprint density at radius 2 is 1.74 bits per heavy atom. The molecule has 0 saturated carbocycles. The highest BCUT2D eigenvalue weighted by Gasteiger charge is 2.26. The summed E-state index contributed by atoms with van der Waals surface area (Å²) in [7, 11) is 0. The van der Waals surface area contributed by atoms with Gasteiger partial charge in [-0.1, -0.05) is 45.0 Å². The lowest BCUT2D eigenvalue weighted by Crippen LogP contribution is -2.12. The third kappa shape index (κ3) is 2.80. The normalized spacial score (nSPS) is 13.4. The van der Waals surface area contributed by atoms with Gasteiger partial charge in [0.1, 0.15) is 11.3 Å². The van der Waals surface area contributed by atoms with E-state index in [-0.39, 0.29) is 5.41 Å². The molecule has 0 atom stereocenters. The van der Waals surface area contributed by atoms with E-state index in [1.807, 2.05) is 24.5 Å². The summed E-state index contributed by atoms with van der Waals surface area (Å²) in [5.74, 6) is 0.954. The van der Waals surface area contributed by atoms with Crippen LogP contribution in [0.25, 0.3) is 44.3 Å². The summed E-state index contributed by atoms with van der Waals surface area (Å²) in [4.78, 5) is 9.43. The van der Waals surface area contributed by atoms with Crippen LogP contribution < -0.4 is 0 Å². The molecule has 1 aliphatic carbocycles. The van der Waals surface area contributed by atoms with Gasteiger partial charge in [-0.05, 0) is 64.9 Å². The van der Waals surface area contributed by atoms with Crippen LogP contribution in [0.3, 0.4) is 0 Å². The molecule has 0 radical (unpaired) electrons. The molecule has 31 heavy (non-hydrogen) atoms. The van der Waals surface area contributed by atoms with Gasteiger partial charge >= 0.3 is 0 Å². The molecule has 152 valence electrons. The Morgan fingerprint density at radius 1 is 0.871 bits per heavy atom. The van der Waals surface area contributed by atoms with Crippen LogP contribution in [0, 0.1) is 0 Å². The van der Waals surface area contributed by atoms with Crippen molar-refractivity contribution in [1.29, 1.82) is 0 Å². The highest BCUT2D eigenvalue weighted by Crippen LogP contribution is 2.43. The van der Waals surface area contributed by atoms with E-state index < -0.39 is 0 Å². The molecule has 3 nitrogen and oxygen atoms in total. The van der Waals surface area contributed by atoms with Crippen LogP contribution >= 0.6 is 0 Å². The van der Waals surface area contributed by atoms with Gasteiger partial charge in [0.15, 0.2) is 0 Å². The first-order chi connectivity index (χ1) is 15.0. The van der Waals surface area contributed by atoms with Crippen molar-refractivity contribution in [3.63, 3.8) is 0 Å². The van der Waals surface area contributed by atoms with Gasteiger partial charge in [0.25, 0.3) is 0 Å². The van der Waals surface area contributed by atoms with Crippen molar-refractivity contribution in [2.75, 3.05) is 0 Å². The smallest absolute Gasteiger partial charge is 0.140 e. The van der Waals surface area contributed by atoms with Crippen molar-refractivity contribution in [3.8, 4) is 22.6 Å². The van der Waals surface area contributed by atoms with Crippen LogP contribution in [-0.4, -0.2) is 9.97 Å². The maximum atomic E-state index is 6.38. The van der Waals surface area contributed by atoms with Crippen molar-refractivity contribution in [3.05, 3.63) is 83.8 Å². The molecule has 0 bridgehead atoms. The monoisotopic (exact) mass is 404 g/mol. The summed E-state index contributed by atoms with van der Waals surface area (Å²) in [6.45, 7) is 6.82. The van der Waals surface area contributed by atoms with Crippen molar-refractivity contribution >= 4 is 21.7 Å². The van der Waals surface area contributed by atoms with Crippen LogP contribution in [0.4, 0.5) is 0 Å². The molecule has 0 spiro atoms. The van der Waals surface area contributed by atoms with Crippen LogP contribution in [0.5, 0.6) is 0 Å². The van der Waals surface area contributed by atoms with Gasteiger partial charge in [0.05, 0.1) is 16.8 Å². The van der Waals surface area contributed by atoms with E-state index in [9.17, 15) is 0 Å². The van der Waals surface area contributed by atoms with Gasteiger partial charge in [-0.15, -0.1) is 0 Å². The molecule has 3 heteroatoms. The molecule has 3 aromatic heterocycles. The molecule has 0 saturated heterocycles. The fourth-order valence-electron chi connectivity index (χ4n) is 4.94. The number of nitrogens with zero attached hydrogens (tertiary/aromatic N) is 2. The minimum absolute atomic E-state index is 0.0317. The highest BCUT2D eigenvalue weighted by molar-refractivity contribution is 6.01. The molecule has 0 aliphatic heterocycles. The molecule has 1 aliphatic rings. The van der Waals surface area contributed by atoms with Gasteiger partial charge < -0.3 is 4.42 Å². The Morgan fingerprint density at radius 3 is 2.61 bits per heavy atom. The second-order valence-electron chi connectivity index (χ2n) is 9.44. The zero-order valence-electron chi connectivity index (χ0n) is 18.1. The van der Waals surface area contributed by atoms with Crippen LogP contribution in [0.1, 0.15) is 37.6 Å². The number of furan rings is 1. The fourth-order valence-corrected chi connectivity index (χ4v) is 4.94. The molecule has 6 rings (SSSR count). The topological polar surface area (TPSA) is 38.9 Å². The van der Waals surface area contributed by atoms with E-state index in [2.05, 4.69) is 68.2 Å². The average molecular weight is 405 g/mol. The average Bonchev–Trinajstić information content (AvgIpc) is 3.17. The maximum Gasteiger partial charge on any atom is 0.140 e. The molecular formula is C28H24N2O. The third-order valence-electron chi connectivity index (χ3n) is 6.39. The Balaban J connectivity index is 1.66. The number of pyridine rings is 2. The minimum atomic E-state index is 0.0317. The number of rotatable bonds is 1. The summed E-state index contributed by atoms with van der Waals surface area (Å²) in [6, 6.07) is 19.3.